The van der Waals surface area contributed by atoms with Crippen LogP contribution in [0, 0.1) is 5.82 Å². The fourth-order valence-corrected chi connectivity index (χ4v) is 2.24. The lowest BCUT2D eigenvalue weighted by Crippen LogP contribution is -2.14. The van der Waals surface area contributed by atoms with Crippen LogP contribution in [0.3, 0.4) is 0 Å². The molecule has 0 radical (unpaired) electrons. The molecule has 3 N–H and O–H groups in total. The predicted molar refractivity (Wildman–Crippen MR) is 82.3 cm³/mol. The van der Waals surface area contributed by atoms with E-state index in [1.165, 1.54) is 6.07 Å². The number of carbonyl (C=O) groups is 1. The standard InChI is InChI=1S/C15H14BrFN2O/c1-2-9-6-7-10(8-13(9)18)19-15(20)11-4-3-5-12(16)14(11)17/h3-8H,2,18H2,1H3,(H,19,20). The first kappa shape index (κ1) is 14.5. The minimum Gasteiger partial charge on any atom is -0.398 e. The van der Waals surface area contributed by atoms with Crippen molar-refractivity contribution in [2.24, 2.45) is 0 Å². The number of rotatable bonds is 3. The molecular formula is C15H14BrFN2O. The second kappa shape index (κ2) is 6.05. The number of hydrogen-bond donors (Lipinski definition) is 2. The third kappa shape index (κ3) is 2.99. The first-order chi connectivity index (χ1) is 9.52. The number of anilines is 2. The molecule has 0 aliphatic heterocycles. The summed E-state index contributed by atoms with van der Waals surface area (Å²) < 4.78 is 14.1. The van der Waals surface area contributed by atoms with E-state index in [4.69, 9.17) is 5.73 Å². The van der Waals surface area contributed by atoms with E-state index in [1.54, 1.807) is 24.3 Å². The molecule has 0 aromatic heterocycles. The van der Waals surface area contributed by atoms with Crippen molar-refractivity contribution in [3.05, 3.63) is 57.8 Å². The SMILES string of the molecule is CCc1ccc(NC(=O)c2cccc(Br)c2F)cc1N. The monoisotopic (exact) mass is 336 g/mol. The van der Waals surface area contributed by atoms with Gasteiger partial charge in [-0.2, -0.15) is 0 Å². The summed E-state index contributed by atoms with van der Waals surface area (Å²) in [6.07, 6.45) is 0.820. The summed E-state index contributed by atoms with van der Waals surface area (Å²) in [5, 5.41) is 2.64. The highest BCUT2D eigenvalue weighted by Crippen LogP contribution is 2.22. The Hall–Kier alpha value is -1.88. The molecule has 0 aliphatic rings. The fraction of sp³-hybridized carbons (Fsp3) is 0.133. The number of nitrogen functional groups attached to an aromatic ring is 1. The minimum absolute atomic E-state index is 0.0162. The number of nitrogens with two attached hydrogens (primary N) is 1. The summed E-state index contributed by atoms with van der Waals surface area (Å²) in [7, 11) is 0. The van der Waals surface area contributed by atoms with Crippen molar-refractivity contribution in [1.82, 2.24) is 0 Å². The molecule has 2 rings (SSSR count). The third-order valence-corrected chi connectivity index (χ3v) is 3.59. The Morgan fingerprint density at radius 1 is 1.35 bits per heavy atom. The van der Waals surface area contributed by atoms with E-state index in [1.807, 2.05) is 13.0 Å². The Bertz CT molecular complexity index is 658. The van der Waals surface area contributed by atoms with Crippen molar-refractivity contribution in [2.45, 2.75) is 13.3 Å². The molecule has 0 saturated carbocycles. The van der Waals surface area contributed by atoms with Gasteiger partial charge in [0.05, 0.1) is 10.0 Å². The van der Waals surface area contributed by atoms with Gasteiger partial charge >= 0.3 is 0 Å². The maximum atomic E-state index is 13.8. The number of carbonyl (C=O) groups excluding carboxylic acids is 1. The van der Waals surface area contributed by atoms with Gasteiger partial charge in [0.2, 0.25) is 0 Å². The molecule has 0 unspecified atom stereocenters. The van der Waals surface area contributed by atoms with Gasteiger partial charge in [-0.25, -0.2) is 4.39 Å². The average molecular weight is 337 g/mol. The van der Waals surface area contributed by atoms with Gasteiger partial charge in [-0.1, -0.05) is 19.1 Å². The van der Waals surface area contributed by atoms with Gasteiger partial charge in [0.25, 0.3) is 5.91 Å². The van der Waals surface area contributed by atoms with Crippen LogP contribution in [0.2, 0.25) is 0 Å². The molecule has 0 fully saturated rings. The second-order valence-electron chi connectivity index (χ2n) is 4.32. The normalized spacial score (nSPS) is 10.3. The zero-order chi connectivity index (χ0) is 14.7. The molecule has 2 aromatic rings. The maximum Gasteiger partial charge on any atom is 0.258 e. The van der Waals surface area contributed by atoms with E-state index in [-0.39, 0.29) is 10.0 Å². The second-order valence-corrected chi connectivity index (χ2v) is 5.18. The van der Waals surface area contributed by atoms with Crippen molar-refractivity contribution in [3.63, 3.8) is 0 Å². The Balaban J connectivity index is 2.24. The molecule has 0 heterocycles. The maximum absolute atomic E-state index is 13.8. The first-order valence-corrected chi connectivity index (χ1v) is 6.96. The van der Waals surface area contributed by atoms with Gasteiger partial charge in [0.15, 0.2) is 0 Å². The summed E-state index contributed by atoms with van der Waals surface area (Å²) in [5.74, 6) is -1.09. The topological polar surface area (TPSA) is 55.1 Å². The lowest BCUT2D eigenvalue weighted by molar-refractivity contribution is 0.102. The van der Waals surface area contributed by atoms with E-state index in [2.05, 4.69) is 21.2 Å². The van der Waals surface area contributed by atoms with Crippen LogP contribution in [0.1, 0.15) is 22.8 Å². The summed E-state index contributed by atoms with van der Waals surface area (Å²) in [5.41, 5.74) is 8.02. The van der Waals surface area contributed by atoms with Gasteiger partial charge in [-0.15, -0.1) is 0 Å². The van der Waals surface area contributed by atoms with Crippen LogP contribution in [0.5, 0.6) is 0 Å². The van der Waals surface area contributed by atoms with Crippen LogP contribution in [-0.4, -0.2) is 5.91 Å². The Labute approximate surface area is 125 Å². The van der Waals surface area contributed by atoms with E-state index >= 15 is 0 Å². The molecular weight excluding hydrogens is 323 g/mol. The van der Waals surface area contributed by atoms with Gasteiger partial charge in [-0.3, -0.25) is 4.79 Å². The first-order valence-electron chi connectivity index (χ1n) is 6.16. The lowest BCUT2D eigenvalue weighted by Gasteiger charge is -2.09. The zero-order valence-corrected chi connectivity index (χ0v) is 12.5. The summed E-state index contributed by atoms with van der Waals surface area (Å²) >= 11 is 3.06. The van der Waals surface area contributed by atoms with Crippen molar-refractivity contribution >= 4 is 33.2 Å². The van der Waals surface area contributed by atoms with Gasteiger partial charge in [-0.05, 0) is 52.2 Å². The van der Waals surface area contributed by atoms with Crippen molar-refractivity contribution in [3.8, 4) is 0 Å². The number of aryl methyl sites for hydroxylation is 1. The molecule has 0 aliphatic carbocycles. The molecule has 5 heteroatoms. The zero-order valence-electron chi connectivity index (χ0n) is 10.9. The molecule has 0 bridgehead atoms. The third-order valence-electron chi connectivity index (χ3n) is 2.98. The molecule has 0 saturated heterocycles. The van der Waals surface area contributed by atoms with Crippen LogP contribution in [0.25, 0.3) is 0 Å². The van der Waals surface area contributed by atoms with Crippen LogP contribution in [-0.2, 0) is 6.42 Å². The smallest absolute Gasteiger partial charge is 0.258 e. The Morgan fingerprint density at radius 2 is 2.10 bits per heavy atom. The number of amides is 1. The van der Waals surface area contributed by atoms with E-state index in [9.17, 15) is 9.18 Å². The van der Waals surface area contributed by atoms with Crippen molar-refractivity contribution in [2.75, 3.05) is 11.1 Å². The van der Waals surface area contributed by atoms with Crippen LogP contribution < -0.4 is 11.1 Å². The van der Waals surface area contributed by atoms with E-state index in [0.717, 1.165) is 12.0 Å². The van der Waals surface area contributed by atoms with Gasteiger partial charge in [0, 0.05) is 11.4 Å². The molecule has 104 valence electrons. The number of hydrogen-bond acceptors (Lipinski definition) is 2. The van der Waals surface area contributed by atoms with Crippen molar-refractivity contribution < 1.29 is 9.18 Å². The summed E-state index contributed by atoms with van der Waals surface area (Å²) in [4.78, 5) is 12.0. The molecule has 1 amide bonds. The van der Waals surface area contributed by atoms with Crippen molar-refractivity contribution in [1.29, 1.82) is 0 Å². The quantitative estimate of drug-likeness (QED) is 0.832. The molecule has 0 atom stereocenters. The fourth-order valence-electron chi connectivity index (χ4n) is 1.87. The highest BCUT2D eigenvalue weighted by molar-refractivity contribution is 9.10. The van der Waals surface area contributed by atoms with Gasteiger partial charge < -0.3 is 11.1 Å². The lowest BCUT2D eigenvalue weighted by atomic mass is 10.1. The minimum atomic E-state index is -0.580. The van der Waals surface area contributed by atoms with E-state index < -0.39 is 11.7 Å². The Kier molecular flexibility index (Phi) is 4.39. The van der Waals surface area contributed by atoms with Crippen LogP contribution in [0.15, 0.2) is 40.9 Å². The van der Waals surface area contributed by atoms with Gasteiger partial charge in [0.1, 0.15) is 5.82 Å². The summed E-state index contributed by atoms with van der Waals surface area (Å²) in [6.45, 7) is 2.00. The van der Waals surface area contributed by atoms with Crippen LogP contribution in [0.4, 0.5) is 15.8 Å². The number of halogens is 2. The number of nitrogens with one attached hydrogen (secondary N) is 1. The predicted octanol–water partition coefficient (Wildman–Crippen LogP) is 3.99. The number of benzene rings is 2. The molecule has 0 spiro atoms. The average Bonchev–Trinajstić information content (AvgIpc) is 2.42. The molecule has 2 aromatic carbocycles. The highest BCUT2D eigenvalue weighted by atomic mass is 79.9. The summed E-state index contributed by atoms with van der Waals surface area (Å²) in [6, 6.07) is 9.85. The van der Waals surface area contributed by atoms with E-state index in [0.29, 0.717) is 11.4 Å². The van der Waals surface area contributed by atoms with Crippen LogP contribution >= 0.6 is 15.9 Å². The molecule has 3 nitrogen and oxygen atoms in total. The highest BCUT2D eigenvalue weighted by Gasteiger charge is 2.14. The largest absolute Gasteiger partial charge is 0.398 e. The Morgan fingerprint density at radius 3 is 2.75 bits per heavy atom. The molecule has 20 heavy (non-hydrogen) atoms.